The first kappa shape index (κ1) is 22.0. The van der Waals surface area contributed by atoms with E-state index in [1.807, 2.05) is 16.8 Å². The highest BCUT2D eigenvalue weighted by Crippen LogP contribution is 2.37. The van der Waals surface area contributed by atoms with Gasteiger partial charge in [0, 0.05) is 43.2 Å². The zero-order valence-electron chi connectivity index (χ0n) is 15.9. The van der Waals surface area contributed by atoms with Crippen LogP contribution in [0.15, 0.2) is 16.8 Å². The van der Waals surface area contributed by atoms with E-state index in [1.54, 1.807) is 11.3 Å². The molecule has 0 radical (unpaired) electrons. The van der Waals surface area contributed by atoms with Crippen LogP contribution in [0, 0.1) is 5.92 Å². The zero-order chi connectivity index (χ0) is 21.1. The number of ether oxygens (including phenoxy) is 1. The number of halogens is 3. The van der Waals surface area contributed by atoms with Gasteiger partial charge in [-0.15, -0.1) is 0 Å². The number of hydrogen-bond donors (Lipinski definition) is 2. The lowest BCUT2D eigenvalue weighted by Crippen LogP contribution is -2.50. The molecule has 0 bridgehead atoms. The van der Waals surface area contributed by atoms with Crippen molar-refractivity contribution < 1.29 is 32.6 Å². The standard InChI is InChI=1S/C17H24N2O2S.C2HF3O2/c20-16(14-4-8-22-11-14)18-15-3-7-21-17(9-15)5-6-19(12-17)10-13-1-2-13;3-2(4,5)1(6)7/h4,8,11,13,15H,1-3,5-7,9-10,12H2,(H,18,20);(H,6,7)/t15-,17-;/m1./s1. The Balaban J connectivity index is 0.000000298. The number of nitrogens with zero attached hydrogens (tertiary/aromatic N) is 1. The Morgan fingerprint density at radius 1 is 1.34 bits per heavy atom. The molecule has 2 saturated heterocycles. The quantitative estimate of drug-likeness (QED) is 0.761. The molecule has 29 heavy (non-hydrogen) atoms. The van der Waals surface area contributed by atoms with Crippen molar-refractivity contribution in [2.24, 2.45) is 5.92 Å². The molecule has 0 unspecified atom stereocenters. The minimum absolute atomic E-state index is 0.0142. The van der Waals surface area contributed by atoms with Crippen LogP contribution in [0.5, 0.6) is 0 Å². The van der Waals surface area contributed by atoms with Crippen LogP contribution in [-0.2, 0) is 9.53 Å². The first-order valence-electron chi connectivity index (χ1n) is 9.66. The van der Waals surface area contributed by atoms with Gasteiger partial charge in [-0.3, -0.25) is 4.79 Å². The number of rotatable bonds is 4. The Morgan fingerprint density at radius 3 is 2.66 bits per heavy atom. The summed E-state index contributed by atoms with van der Waals surface area (Å²) in [4.78, 5) is 23.7. The van der Waals surface area contributed by atoms with Gasteiger partial charge in [0.15, 0.2) is 0 Å². The van der Waals surface area contributed by atoms with E-state index in [4.69, 9.17) is 14.6 Å². The van der Waals surface area contributed by atoms with Gasteiger partial charge in [-0.1, -0.05) is 0 Å². The van der Waals surface area contributed by atoms with Gasteiger partial charge in [0.25, 0.3) is 5.91 Å². The summed E-state index contributed by atoms with van der Waals surface area (Å²) in [6.45, 7) is 4.22. The average Bonchev–Trinajstić information content (AvgIpc) is 3.14. The molecule has 4 rings (SSSR count). The third kappa shape index (κ3) is 6.42. The first-order chi connectivity index (χ1) is 13.7. The van der Waals surface area contributed by atoms with E-state index in [0.717, 1.165) is 50.4 Å². The van der Waals surface area contributed by atoms with Gasteiger partial charge >= 0.3 is 12.1 Å². The summed E-state index contributed by atoms with van der Waals surface area (Å²) in [6, 6.07) is 2.14. The molecule has 3 fully saturated rings. The summed E-state index contributed by atoms with van der Waals surface area (Å²) in [7, 11) is 0. The number of carbonyl (C=O) groups is 2. The van der Waals surface area contributed by atoms with Crippen LogP contribution in [0.1, 0.15) is 42.5 Å². The van der Waals surface area contributed by atoms with Crippen LogP contribution in [0.25, 0.3) is 0 Å². The Morgan fingerprint density at radius 2 is 2.07 bits per heavy atom. The molecule has 2 atom stereocenters. The van der Waals surface area contributed by atoms with E-state index in [9.17, 15) is 18.0 Å². The van der Waals surface area contributed by atoms with Crippen molar-refractivity contribution in [3.63, 3.8) is 0 Å². The van der Waals surface area contributed by atoms with Crippen LogP contribution in [0.3, 0.4) is 0 Å². The van der Waals surface area contributed by atoms with Gasteiger partial charge in [-0.25, -0.2) is 4.79 Å². The molecule has 1 aliphatic carbocycles. The predicted molar refractivity (Wildman–Crippen MR) is 101 cm³/mol. The molecule has 2 N–H and O–H groups in total. The van der Waals surface area contributed by atoms with E-state index >= 15 is 0 Å². The highest BCUT2D eigenvalue weighted by Gasteiger charge is 2.44. The van der Waals surface area contributed by atoms with Gasteiger partial charge < -0.3 is 20.1 Å². The number of thiophene rings is 1. The molecule has 10 heteroatoms. The number of nitrogens with one attached hydrogen (secondary N) is 1. The number of amides is 1. The molecule has 1 amide bonds. The molecule has 1 saturated carbocycles. The number of alkyl halides is 3. The third-order valence-electron chi connectivity index (χ3n) is 5.46. The number of hydrogen-bond acceptors (Lipinski definition) is 5. The second-order valence-corrected chi connectivity index (χ2v) is 8.72. The molecule has 2 aliphatic heterocycles. The fraction of sp³-hybridized carbons (Fsp3) is 0.684. The van der Waals surface area contributed by atoms with Crippen LogP contribution in [0.4, 0.5) is 13.2 Å². The lowest BCUT2D eigenvalue weighted by molar-refractivity contribution is -0.192. The maximum absolute atomic E-state index is 12.2. The highest BCUT2D eigenvalue weighted by molar-refractivity contribution is 7.08. The minimum atomic E-state index is -5.08. The van der Waals surface area contributed by atoms with Crippen molar-refractivity contribution in [2.45, 2.75) is 49.9 Å². The van der Waals surface area contributed by atoms with Crippen molar-refractivity contribution in [1.29, 1.82) is 0 Å². The van der Waals surface area contributed by atoms with E-state index in [-0.39, 0.29) is 17.6 Å². The summed E-state index contributed by atoms with van der Waals surface area (Å²) in [5.74, 6) is -1.75. The first-order valence-corrected chi connectivity index (χ1v) is 10.6. The van der Waals surface area contributed by atoms with Crippen molar-refractivity contribution in [3.8, 4) is 0 Å². The molecule has 6 nitrogen and oxygen atoms in total. The number of aliphatic carboxylic acids is 1. The largest absolute Gasteiger partial charge is 0.490 e. The van der Waals surface area contributed by atoms with Crippen molar-refractivity contribution in [2.75, 3.05) is 26.2 Å². The van der Waals surface area contributed by atoms with E-state index in [2.05, 4.69) is 10.2 Å². The Bertz CT molecular complexity index is 709. The summed E-state index contributed by atoms with van der Waals surface area (Å²) >= 11 is 1.57. The number of carboxylic acid groups (broad SMARTS) is 1. The van der Waals surface area contributed by atoms with Crippen LogP contribution in [-0.4, -0.2) is 65.9 Å². The predicted octanol–water partition coefficient (Wildman–Crippen LogP) is 3.14. The van der Waals surface area contributed by atoms with Gasteiger partial charge in [-0.05, 0) is 49.5 Å². The van der Waals surface area contributed by atoms with Crippen LogP contribution < -0.4 is 5.32 Å². The second kappa shape index (κ2) is 9.01. The van der Waals surface area contributed by atoms with Crippen molar-refractivity contribution >= 4 is 23.2 Å². The maximum atomic E-state index is 12.2. The maximum Gasteiger partial charge on any atom is 0.490 e. The van der Waals surface area contributed by atoms with Gasteiger partial charge in [0.1, 0.15) is 0 Å². The van der Waals surface area contributed by atoms with E-state index in [1.165, 1.54) is 19.4 Å². The molecule has 3 aliphatic rings. The van der Waals surface area contributed by atoms with Crippen molar-refractivity contribution in [1.82, 2.24) is 10.2 Å². The van der Waals surface area contributed by atoms with E-state index in [0.29, 0.717) is 0 Å². The van der Waals surface area contributed by atoms with Gasteiger partial charge in [0.2, 0.25) is 0 Å². The fourth-order valence-corrected chi connectivity index (χ4v) is 4.48. The monoisotopic (exact) mass is 434 g/mol. The fourth-order valence-electron chi connectivity index (χ4n) is 3.85. The van der Waals surface area contributed by atoms with E-state index < -0.39 is 12.1 Å². The average molecular weight is 434 g/mol. The Hall–Kier alpha value is -1.65. The molecule has 1 aromatic heterocycles. The molecule has 3 heterocycles. The summed E-state index contributed by atoms with van der Waals surface area (Å²) in [6.07, 6.45) is 0.738. The van der Waals surface area contributed by atoms with Crippen molar-refractivity contribution in [3.05, 3.63) is 22.4 Å². The number of carboxylic acids is 1. The van der Waals surface area contributed by atoms with Crippen LogP contribution >= 0.6 is 11.3 Å². The zero-order valence-corrected chi connectivity index (χ0v) is 16.7. The lowest BCUT2D eigenvalue weighted by atomic mass is 9.89. The smallest absolute Gasteiger partial charge is 0.475 e. The molecule has 0 aromatic carbocycles. The van der Waals surface area contributed by atoms with Crippen LogP contribution in [0.2, 0.25) is 0 Å². The summed E-state index contributed by atoms with van der Waals surface area (Å²) in [5, 5.41) is 14.2. The SMILES string of the molecule is O=C(N[C@@H]1CCO[C@]2(CCN(CC3CC3)C2)C1)c1ccsc1.O=C(O)C(F)(F)F. The molecular formula is C19H25F3N2O4S. The molecule has 1 spiro atoms. The summed E-state index contributed by atoms with van der Waals surface area (Å²) < 4.78 is 37.9. The highest BCUT2D eigenvalue weighted by atomic mass is 32.1. The molecule has 1 aromatic rings. The minimum Gasteiger partial charge on any atom is -0.475 e. The normalized spacial score (nSPS) is 27.3. The molecular weight excluding hydrogens is 409 g/mol. The topological polar surface area (TPSA) is 78.9 Å². The Kier molecular flexibility index (Phi) is 6.85. The number of carbonyl (C=O) groups excluding carboxylic acids is 1. The molecule has 162 valence electrons. The lowest BCUT2D eigenvalue weighted by Gasteiger charge is -2.38. The summed E-state index contributed by atoms with van der Waals surface area (Å²) in [5.41, 5.74) is 0.770. The van der Waals surface area contributed by atoms with Gasteiger partial charge in [0.05, 0.1) is 5.60 Å². The Labute approximate surface area is 171 Å². The van der Waals surface area contributed by atoms with Gasteiger partial charge in [-0.2, -0.15) is 24.5 Å². The second-order valence-electron chi connectivity index (χ2n) is 7.94. The number of likely N-dealkylation sites (tertiary alicyclic amines) is 1. The third-order valence-corrected chi connectivity index (χ3v) is 6.15.